The third kappa shape index (κ3) is 3.68. The first-order valence-electron chi connectivity index (χ1n) is 7.68. The minimum atomic E-state index is 0.00508. The van der Waals surface area contributed by atoms with Crippen LogP contribution in [0.2, 0.25) is 0 Å². The molecule has 2 N–H and O–H groups in total. The Morgan fingerprint density at radius 1 is 1.04 bits per heavy atom. The van der Waals surface area contributed by atoms with Crippen LogP contribution >= 0.6 is 0 Å². The molecule has 2 heterocycles. The van der Waals surface area contributed by atoms with E-state index in [9.17, 15) is 0 Å². The monoisotopic (exact) mass is 324 g/mol. The van der Waals surface area contributed by atoms with E-state index in [1.54, 1.807) is 6.07 Å². The molecular formula is C17H20N6O. The van der Waals surface area contributed by atoms with Gasteiger partial charge in [-0.25, -0.2) is 0 Å². The van der Waals surface area contributed by atoms with E-state index in [-0.39, 0.29) is 5.41 Å². The molecule has 0 aliphatic heterocycles. The van der Waals surface area contributed by atoms with Crippen LogP contribution in [0.3, 0.4) is 0 Å². The van der Waals surface area contributed by atoms with Gasteiger partial charge in [-0.2, -0.15) is 10.1 Å². The summed E-state index contributed by atoms with van der Waals surface area (Å²) in [6.07, 6.45) is 1.53. The minimum absolute atomic E-state index is 0.00508. The Hall–Kier alpha value is -2.96. The number of nitrogens with one attached hydrogen (secondary N) is 2. The standard InChI is InChI=1S/C17H20N6O/c1-11-9-14(23-24-11)20-15-10-18-22-16(21-15)19-13-8-6-5-7-12(13)17(2,3)4/h5-10H,1-4H3,(H2,19,20,21,22,23). The molecule has 124 valence electrons. The van der Waals surface area contributed by atoms with Gasteiger partial charge in [0.05, 0.1) is 6.20 Å². The van der Waals surface area contributed by atoms with Crippen molar-refractivity contribution in [3.8, 4) is 0 Å². The number of para-hydroxylation sites is 1. The summed E-state index contributed by atoms with van der Waals surface area (Å²) in [5.41, 5.74) is 2.14. The topological polar surface area (TPSA) is 88.8 Å². The molecule has 0 fully saturated rings. The number of nitrogens with zero attached hydrogens (tertiary/aromatic N) is 4. The predicted octanol–water partition coefficient (Wildman–Crippen LogP) is 3.95. The second kappa shape index (κ2) is 6.27. The molecule has 0 saturated heterocycles. The highest BCUT2D eigenvalue weighted by atomic mass is 16.5. The van der Waals surface area contributed by atoms with Gasteiger partial charge < -0.3 is 15.2 Å². The molecule has 24 heavy (non-hydrogen) atoms. The van der Waals surface area contributed by atoms with Gasteiger partial charge in [0.15, 0.2) is 11.6 Å². The Bertz CT molecular complexity index is 837. The van der Waals surface area contributed by atoms with Gasteiger partial charge in [-0.05, 0) is 24.0 Å². The van der Waals surface area contributed by atoms with Crippen LogP contribution in [0, 0.1) is 6.92 Å². The summed E-state index contributed by atoms with van der Waals surface area (Å²) in [7, 11) is 0. The summed E-state index contributed by atoms with van der Waals surface area (Å²) in [4.78, 5) is 4.42. The molecule has 3 rings (SSSR count). The van der Waals surface area contributed by atoms with Gasteiger partial charge >= 0.3 is 0 Å². The maximum Gasteiger partial charge on any atom is 0.249 e. The lowest BCUT2D eigenvalue weighted by Gasteiger charge is -2.22. The summed E-state index contributed by atoms with van der Waals surface area (Å²) in [5, 5.41) is 18.2. The molecule has 0 bridgehead atoms. The van der Waals surface area contributed by atoms with E-state index in [1.165, 1.54) is 11.8 Å². The van der Waals surface area contributed by atoms with E-state index in [2.05, 4.69) is 57.8 Å². The Kier molecular flexibility index (Phi) is 4.16. The molecule has 0 amide bonds. The molecule has 0 atom stereocenters. The fourth-order valence-corrected chi connectivity index (χ4v) is 2.34. The average Bonchev–Trinajstić information content (AvgIpc) is 2.92. The molecule has 7 heteroatoms. The highest BCUT2D eigenvalue weighted by Crippen LogP contribution is 2.30. The summed E-state index contributed by atoms with van der Waals surface area (Å²) < 4.78 is 5.02. The third-order valence-electron chi connectivity index (χ3n) is 3.42. The van der Waals surface area contributed by atoms with Crippen molar-refractivity contribution in [2.24, 2.45) is 0 Å². The van der Waals surface area contributed by atoms with Crippen molar-refractivity contribution in [2.45, 2.75) is 33.1 Å². The van der Waals surface area contributed by atoms with E-state index in [0.29, 0.717) is 17.6 Å². The molecule has 0 spiro atoms. The molecule has 0 unspecified atom stereocenters. The number of anilines is 4. The lowest BCUT2D eigenvalue weighted by molar-refractivity contribution is 0.400. The number of aryl methyl sites for hydroxylation is 1. The van der Waals surface area contributed by atoms with Crippen LogP contribution in [0.15, 0.2) is 41.1 Å². The second-order valence-electron chi connectivity index (χ2n) is 6.53. The average molecular weight is 324 g/mol. The molecule has 2 aromatic heterocycles. The SMILES string of the molecule is Cc1cc(Nc2cnnc(Nc3ccccc3C(C)(C)C)n2)no1. The summed E-state index contributed by atoms with van der Waals surface area (Å²) in [6.45, 7) is 8.32. The highest BCUT2D eigenvalue weighted by molar-refractivity contribution is 5.61. The fourth-order valence-electron chi connectivity index (χ4n) is 2.34. The fraction of sp³-hybridized carbons (Fsp3) is 0.294. The van der Waals surface area contributed by atoms with Crippen molar-refractivity contribution < 1.29 is 4.52 Å². The van der Waals surface area contributed by atoms with Crippen LogP contribution in [0.5, 0.6) is 0 Å². The zero-order chi connectivity index (χ0) is 17.2. The van der Waals surface area contributed by atoms with Gasteiger partial charge in [-0.15, -0.1) is 5.10 Å². The van der Waals surface area contributed by atoms with E-state index < -0.39 is 0 Å². The van der Waals surface area contributed by atoms with Gasteiger partial charge in [0.2, 0.25) is 5.95 Å². The number of aromatic nitrogens is 4. The maximum absolute atomic E-state index is 5.02. The van der Waals surface area contributed by atoms with Gasteiger partial charge in [-0.3, -0.25) is 0 Å². The summed E-state index contributed by atoms with van der Waals surface area (Å²) in [5.74, 6) is 2.25. The van der Waals surface area contributed by atoms with Crippen molar-refractivity contribution >= 4 is 23.3 Å². The highest BCUT2D eigenvalue weighted by Gasteiger charge is 2.18. The first kappa shape index (κ1) is 15.9. The number of hydrogen-bond acceptors (Lipinski definition) is 7. The number of rotatable bonds is 4. The van der Waals surface area contributed by atoms with Gasteiger partial charge in [0.1, 0.15) is 5.76 Å². The van der Waals surface area contributed by atoms with E-state index >= 15 is 0 Å². The smallest absolute Gasteiger partial charge is 0.249 e. The Morgan fingerprint density at radius 2 is 1.83 bits per heavy atom. The normalized spacial score (nSPS) is 11.3. The largest absolute Gasteiger partial charge is 0.360 e. The Balaban J connectivity index is 1.83. The van der Waals surface area contributed by atoms with E-state index in [4.69, 9.17) is 4.52 Å². The van der Waals surface area contributed by atoms with Crippen molar-refractivity contribution in [1.82, 2.24) is 20.3 Å². The zero-order valence-electron chi connectivity index (χ0n) is 14.2. The first-order valence-corrected chi connectivity index (χ1v) is 7.68. The summed E-state index contributed by atoms with van der Waals surface area (Å²) >= 11 is 0. The number of benzene rings is 1. The van der Waals surface area contributed by atoms with Gasteiger partial charge in [0.25, 0.3) is 0 Å². The third-order valence-corrected chi connectivity index (χ3v) is 3.42. The van der Waals surface area contributed by atoms with Crippen molar-refractivity contribution in [3.63, 3.8) is 0 Å². The lowest BCUT2D eigenvalue weighted by Crippen LogP contribution is -2.14. The molecule has 3 aromatic rings. The molecule has 0 saturated carbocycles. The van der Waals surface area contributed by atoms with Gasteiger partial charge in [0, 0.05) is 11.8 Å². The minimum Gasteiger partial charge on any atom is -0.360 e. The molecule has 0 aliphatic rings. The Labute approximate surface area is 140 Å². The van der Waals surface area contributed by atoms with Crippen LogP contribution in [-0.4, -0.2) is 20.3 Å². The van der Waals surface area contributed by atoms with Crippen LogP contribution in [0.4, 0.5) is 23.3 Å². The van der Waals surface area contributed by atoms with Crippen molar-refractivity contribution in [1.29, 1.82) is 0 Å². The second-order valence-corrected chi connectivity index (χ2v) is 6.53. The van der Waals surface area contributed by atoms with Crippen LogP contribution in [0.1, 0.15) is 32.1 Å². The van der Waals surface area contributed by atoms with Crippen LogP contribution in [0.25, 0.3) is 0 Å². The van der Waals surface area contributed by atoms with E-state index in [1.807, 2.05) is 25.1 Å². The molecular weight excluding hydrogens is 304 g/mol. The van der Waals surface area contributed by atoms with Crippen LogP contribution < -0.4 is 10.6 Å². The molecule has 0 radical (unpaired) electrons. The van der Waals surface area contributed by atoms with Crippen LogP contribution in [-0.2, 0) is 5.41 Å². The zero-order valence-corrected chi connectivity index (χ0v) is 14.2. The summed E-state index contributed by atoms with van der Waals surface area (Å²) in [6, 6.07) is 9.88. The maximum atomic E-state index is 5.02. The quantitative estimate of drug-likeness (QED) is 0.751. The molecule has 0 aliphatic carbocycles. The van der Waals surface area contributed by atoms with Crippen molar-refractivity contribution in [2.75, 3.05) is 10.6 Å². The molecule has 1 aromatic carbocycles. The number of hydrogen-bond donors (Lipinski definition) is 2. The molecule has 7 nitrogen and oxygen atoms in total. The lowest BCUT2D eigenvalue weighted by atomic mass is 9.86. The van der Waals surface area contributed by atoms with Crippen molar-refractivity contribution in [3.05, 3.63) is 47.9 Å². The first-order chi connectivity index (χ1) is 11.4. The van der Waals surface area contributed by atoms with E-state index in [0.717, 1.165) is 11.4 Å². The Morgan fingerprint density at radius 3 is 2.54 bits per heavy atom. The predicted molar refractivity (Wildman–Crippen MR) is 92.8 cm³/mol. The van der Waals surface area contributed by atoms with Gasteiger partial charge in [-0.1, -0.05) is 44.1 Å².